The molecule has 2 N–H and O–H groups in total. The summed E-state index contributed by atoms with van der Waals surface area (Å²) >= 11 is 6.43. The Bertz CT molecular complexity index is 989. The van der Waals surface area contributed by atoms with Crippen molar-refractivity contribution in [3.8, 4) is 5.69 Å². The van der Waals surface area contributed by atoms with Crippen molar-refractivity contribution in [3.05, 3.63) is 41.0 Å². The first kappa shape index (κ1) is 26.1. The van der Waals surface area contributed by atoms with Crippen LogP contribution in [-0.2, 0) is 10.2 Å². The minimum absolute atomic E-state index is 0.0325. The molecule has 1 aromatic carbocycles. The van der Waals surface area contributed by atoms with Gasteiger partial charge >= 0.3 is 6.03 Å². The molecule has 0 bridgehead atoms. The zero-order valence-electron chi connectivity index (χ0n) is 21.0. The lowest BCUT2D eigenvalue weighted by atomic mass is 9.92. The average Bonchev–Trinajstić information content (AvgIpc) is 3.18. The number of hydrogen-bond acceptors (Lipinski definition) is 3. The van der Waals surface area contributed by atoms with Crippen LogP contribution in [-0.4, -0.2) is 45.8 Å². The molecule has 34 heavy (non-hydrogen) atoms. The molecule has 3 amide bonds. The molecule has 0 saturated heterocycles. The number of carbonyl (C=O) groups is 2. The molecule has 0 atom stereocenters. The molecule has 1 fully saturated rings. The zero-order valence-corrected chi connectivity index (χ0v) is 21.8. The van der Waals surface area contributed by atoms with Gasteiger partial charge in [-0.3, -0.25) is 4.79 Å². The van der Waals surface area contributed by atoms with Crippen molar-refractivity contribution in [1.29, 1.82) is 0 Å². The smallest absolute Gasteiger partial charge is 0.318 e. The van der Waals surface area contributed by atoms with Gasteiger partial charge in [-0.15, -0.1) is 0 Å². The Kier molecular flexibility index (Phi) is 8.63. The van der Waals surface area contributed by atoms with Crippen molar-refractivity contribution in [1.82, 2.24) is 20.0 Å². The minimum atomic E-state index is -0.270. The van der Waals surface area contributed by atoms with Crippen LogP contribution in [0.25, 0.3) is 5.69 Å². The Labute approximate surface area is 208 Å². The molecular formula is C26H38ClN5O2. The molecule has 3 rings (SSSR count). The van der Waals surface area contributed by atoms with Gasteiger partial charge in [0.15, 0.2) is 0 Å². The van der Waals surface area contributed by atoms with Crippen LogP contribution in [0.1, 0.15) is 72.4 Å². The first-order valence-electron chi connectivity index (χ1n) is 12.3. The Morgan fingerprint density at radius 2 is 1.85 bits per heavy atom. The van der Waals surface area contributed by atoms with Crippen LogP contribution in [0.3, 0.4) is 0 Å². The average molecular weight is 488 g/mol. The molecule has 2 aromatic rings. The fourth-order valence-electron chi connectivity index (χ4n) is 4.17. The van der Waals surface area contributed by atoms with E-state index >= 15 is 0 Å². The maximum absolute atomic E-state index is 13.1. The first-order valence-corrected chi connectivity index (χ1v) is 12.6. The van der Waals surface area contributed by atoms with E-state index in [2.05, 4.69) is 31.4 Å². The monoisotopic (exact) mass is 487 g/mol. The fourth-order valence-corrected chi connectivity index (χ4v) is 4.39. The Balaban J connectivity index is 1.79. The number of carbonyl (C=O) groups excluding carboxylic acids is 2. The maximum atomic E-state index is 13.1. The van der Waals surface area contributed by atoms with E-state index in [0.29, 0.717) is 23.1 Å². The molecule has 0 radical (unpaired) electrons. The van der Waals surface area contributed by atoms with Gasteiger partial charge in [0.05, 0.1) is 16.4 Å². The van der Waals surface area contributed by atoms with E-state index in [1.54, 1.807) is 15.6 Å². The number of anilines is 1. The molecular weight excluding hydrogens is 450 g/mol. The Morgan fingerprint density at radius 1 is 1.18 bits per heavy atom. The topological polar surface area (TPSA) is 79.3 Å². The van der Waals surface area contributed by atoms with E-state index in [9.17, 15) is 9.59 Å². The predicted octanol–water partition coefficient (Wildman–Crippen LogP) is 5.76. The molecule has 7 nitrogen and oxygen atoms in total. The third-order valence-corrected chi connectivity index (χ3v) is 6.29. The van der Waals surface area contributed by atoms with Crippen LogP contribution < -0.4 is 10.6 Å². The molecule has 186 valence electrons. The van der Waals surface area contributed by atoms with Crippen molar-refractivity contribution in [3.63, 3.8) is 0 Å². The molecule has 8 heteroatoms. The molecule has 0 aliphatic heterocycles. The molecule has 1 aliphatic carbocycles. The Morgan fingerprint density at radius 3 is 2.47 bits per heavy atom. The predicted molar refractivity (Wildman–Crippen MR) is 138 cm³/mol. The van der Waals surface area contributed by atoms with Crippen molar-refractivity contribution < 1.29 is 9.59 Å². The normalized spacial score (nSPS) is 14.8. The van der Waals surface area contributed by atoms with Gasteiger partial charge in [0, 0.05) is 24.1 Å². The van der Waals surface area contributed by atoms with Crippen LogP contribution in [0.15, 0.2) is 30.3 Å². The van der Waals surface area contributed by atoms with E-state index in [-0.39, 0.29) is 35.9 Å². The van der Waals surface area contributed by atoms with E-state index < -0.39 is 0 Å². The summed E-state index contributed by atoms with van der Waals surface area (Å²) in [5.41, 5.74) is 1.30. The Hall–Kier alpha value is -2.54. The van der Waals surface area contributed by atoms with Gasteiger partial charge in [-0.2, -0.15) is 5.10 Å². The summed E-state index contributed by atoms with van der Waals surface area (Å²) in [4.78, 5) is 27.7. The highest BCUT2D eigenvalue weighted by Crippen LogP contribution is 2.29. The number of urea groups is 1. The summed E-state index contributed by atoms with van der Waals surface area (Å²) in [6, 6.07) is 9.27. The van der Waals surface area contributed by atoms with Gasteiger partial charge in [0.2, 0.25) is 5.91 Å². The second kappa shape index (κ2) is 11.3. The van der Waals surface area contributed by atoms with Crippen LogP contribution in [0.5, 0.6) is 0 Å². The molecule has 1 heterocycles. The van der Waals surface area contributed by atoms with Gasteiger partial charge < -0.3 is 15.5 Å². The summed E-state index contributed by atoms with van der Waals surface area (Å²) in [6.07, 6.45) is 5.50. The zero-order chi connectivity index (χ0) is 24.9. The van der Waals surface area contributed by atoms with Crippen molar-refractivity contribution in [2.45, 2.75) is 78.2 Å². The summed E-state index contributed by atoms with van der Waals surface area (Å²) in [5, 5.41) is 11.4. The molecule has 1 saturated carbocycles. The third-order valence-electron chi connectivity index (χ3n) is 5.97. The quantitative estimate of drug-likeness (QED) is 0.520. The highest BCUT2D eigenvalue weighted by atomic mass is 35.5. The van der Waals surface area contributed by atoms with Crippen LogP contribution in [0.4, 0.5) is 10.6 Å². The lowest BCUT2D eigenvalue weighted by Gasteiger charge is -2.29. The third kappa shape index (κ3) is 6.98. The lowest BCUT2D eigenvalue weighted by Crippen LogP contribution is -2.49. The highest BCUT2D eigenvalue weighted by Gasteiger charge is 2.25. The lowest BCUT2D eigenvalue weighted by molar-refractivity contribution is -0.116. The number of aromatic nitrogens is 2. The highest BCUT2D eigenvalue weighted by molar-refractivity contribution is 6.32. The second-order valence-electron chi connectivity index (χ2n) is 10.6. The second-order valence-corrected chi connectivity index (χ2v) is 11.0. The van der Waals surface area contributed by atoms with E-state index in [0.717, 1.165) is 31.4 Å². The van der Waals surface area contributed by atoms with Gasteiger partial charge in [-0.05, 0) is 30.9 Å². The molecule has 1 aliphatic rings. The number of rotatable bonds is 7. The molecule has 0 spiro atoms. The summed E-state index contributed by atoms with van der Waals surface area (Å²) in [6.45, 7) is 10.8. The number of amides is 3. The van der Waals surface area contributed by atoms with Crippen molar-refractivity contribution in [2.75, 3.05) is 18.4 Å². The standard InChI is InChI=1S/C26H38ClN5O2/c1-18(2)16-31(25(34)28-19-11-7-6-8-12-19)17-24(33)29-23-15-22(26(3,4)5)30-32(23)21-14-10-9-13-20(21)27/h9-10,13-15,18-19H,6-8,11-12,16-17H2,1-5H3,(H,28,34)(H,29,33). The SMILES string of the molecule is CC(C)CN(CC(=O)Nc1cc(C(C)(C)C)nn1-c1ccccc1Cl)C(=O)NC1CCCCC1. The van der Waals surface area contributed by atoms with E-state index in [4.69, 9.17) is 16.7 Å². The summed E-state index contributed by atoms with van der Waals surface area (Å²) in [5.74, 6) is 0.499. The number of hydrogen-bond donors (Lipinski definition) is 2. The summed E-state index contributed by atoms with van der Waals surface area (Å²) < 4.78 is 1.66. The number of benzene rings is 1. The largest absolute Gasteiger partial charge is 0.335 e. The van der Waals surface area contributed by atoms with Crippen molar-refractivity contribution >= 4 is 29.4 Å². The molecule has 1 aromatic heterocycles. The van der Waals surface area contributed by atoms with E-state index in [1.165, 1.54) is 6.42 Å². The first-order chi connectivity index (χ1) is 16.0. The number of halogens is 1. The fraction of sp³-hybridized carbons (Fsp3) is 0.577. The van der Waals surface area contributed by atoms with E-state index in [1.807, 2.05) is 38.1 Å². The van der Waals surface area contributed by atoms with Crippen LogP contribution >= 0.6 is 11.6 Å². The van der Waals surface area contributed by atoms with Crippen LogP contribution in [0, 0.1) is 5.92 Å². The summed E-state index contributed by atoms with van der Waals surface area (Å²) in [7, 11) is 0. The minimum Gasteiger partial charge on any atom is -0.335 e. The number of nitrogens with zero attached hydrogens (tertiary/aromatic N) is 3. The van der Waals surface area contributed by atoms with Gasteiger partial charge in [-0.25, -0.2) is 9.48 Å². The van der Waals surface area contributed by atoms with Gasteiger partial charge in [-0.1, -0.05) is 77.6 Å². The maximum Gasteiger partial charge on any atom is 0.318 e. The van der Waals surface area contributed by atoms with Gasteiger partial charge in [0.25, 0.3) is 0 Å². The molecule has 0 unspecified atom stereocenters. The number of para-hydroxylation sites is 1. The van der Waals surface area contributed by atoms with Crippen LogP contribution in [0.2, 0.25) is 5.02 Å². The van der Waals surface area contributed by atoms with Gasteiger partial charge in [0.1, 0.15) is 12.4 Å². The van der Waals surface area contributed by atoms with Crippen molar-refractivity contribution in [2.24, 2.45) is 5.92 Å². The number of nitrogens with one attached hydrogen (secondary N) is 2.